The summed E-state index contributed by atoms with van der Waals surface area (Å²) in [6.45, 7) is 10.9. The van der Waals surface area contributed by atoms with Gasteiger partial charge in [0.25, 0.3) is 5.56 Å². The van der Waals surface area contributed by atoms with E-state index in [-0.39, 0.29) is 34.2 Å². The molecule has 1 aliphatic carbocycles. The smallest absolute Gasteiger partial charge is 0.252 e. The number of rotatable bonds is 10. The van der Waals surface area contributed by atoms with E-state index in [0.717, 1.165) is 99.0 Å². The Morgan fingerprint density at radius 1 is 0.900 bits per heavy atom. The Balaban J connectivity index is 0.763. The van der Waals surface area contributed by atoms with E-state index in [0.29, 0.717) is 35.3 Å². The minimum Gasteiger partial charge on any atom is -0.374 e. The molecule has 1 saturated carbocycles. The van der Waals surface area contributed by atoms with E-state index in [4.69, 9.17) is 0 Å². The third-order valence-electron chi connectivity index (χ3n) is 13.7. The number of hydrogen-bond donors (Lipinski definition) is 4. The molecule has 5 aromatic rings. The number of carbonyl (C=O) groups is 1. The Morgan fingerprint density at radius 2 is 1.63 bits per heavy atom. The summed E-state index contributed by atoms with van der Waals surface area (Å²) in [5, 5.41) is 21.8. The maximum absolute atomic E-state index is 13.9. The van der Waals surface area contributed by atoms with Crippen LogP contribution in [0.15, 0.2) is 82.6 Å². The Labute approximate surface area is 351 Å². The second-order valence-electron chi connectivity index (χ2n) is 18.0. The molecule has 1 spiro atoms. The number of anilines is 4. The molecule has 4 fully saturated rings. The number of aliphatic hydroxyl groups excluding tert-OH is 1. The molecule has 2 unspecified atom stereocenters. The van der Waals surface area contributed by atoms with Crippen LogP contribution in [0.2, 0.25) is 0 Å². The number of aromatic nitrogens is 3. The molecule has 3 aromatic carbocycles. The Morgan fingerprint density at radius 3 is 2.35 bits per heavy atom. The number of nitrogens with zero attached hydrogens (tertiary/aromatic N) is 5. The van der Waals surface area contributed by atoms with E-state index in [1.165, 1.54) is 17.1 Å². The highest BCUT2D eigenvalue weighted by atomic mass is 32.2. The van der Waals surface area contributed by atoms with Crippen molar-refractivity contribution in [3.63, 3.8) is 0 Å². The van der Waals surface area contributed by atoms with Gasteiger partial charge in [0.05, 0.1) is 10.1 Å². The second-order valence-corrected chi connectivity index (χ2v) is 20.2. The number of sulfone groups is 1. The molecule has 5 heterocycles. The number of aryl methyl sites for hydroxylation is 1. The predicted molar refractivity (Wildman–Crippen MR) is 237 cm³/mol. The number of amides is 1. The number of benzene rings is 3. The largest absolute Gasteiger partial charge is 0.374 e. The first-order chi connectivity index (χ1) is 28.9. The lowest BCUT2D eigenvalue weighted by molar-refractivity contribution is -0.127. The van der Waals surface area contributed by atoms with Crippen molar-refractivity contribution in [1.82, 2.24) is 24.8 Å². The van der Waals surface area contributed by atoms with Crippen LogP contribution in [0.25, 0.3) is 21.8 Å². The van der Waals surface area contributed by atoms with Gasteiger partial charge in [-0.1, -0.05) is 24.3 Å². The highest BCUT2D eigenvalue weighted by molar-refractivity contribution is 7.92. The van der Waals surface area contributed by atoms with Gasteiger partial charge in [-0.05, 0) is 139 Å². The zero-order valence-corrected chi connectivity index (χ0v) is 35.5. The van der Waals surface area contributed by atoms with Crippen LogP contribution in [0.1, 0.15) is 76.8 Å². The van der Waals surface area contributed by atoms with Crippen LogP contribution in [-0.2, 0) is 14.6 Å². The molecule has 13 nitrogen and oxygen atoms in total. The Kier molecular flexibility index (Phi) is 10.8. The number of fused-ring (bicyclic) bond motifs is 2. The van der Waals surface area contributed by atoms with E-state index in [1.54, 1.807) is 35.0 Å². The zero-order chi connectivity index (χ0) is 41.8. The van der Waals surface area contributed by atoms with Crippen molar-refractivity contribution in [3.05, 3.63) is 88.8 Å². The number of hydrogen-bond acceptors (Lipinski definition) is 11. The van der Waals surface area contributed by atoms with E-state index in [1.807, 2.05) is 26.8 Å². The molecule has 14 heteroatoms. The molecular formula is C46H56N8O5S. The first-order valence-electron chi connectivity index (χ1n) is 21.6. The van der Waals surface area contributed by atoms with Crippen molar-refractivity contribution < 1.29 is 18.3 Å². The summed E-state index contributed by atoms with van der Waals surface area (Å²) < 4.78 is 29.4. The molecule has 2 aromatic heterocycles. The number of aliphatic hydroxyl groups is 1. The summed E-state index contributed by atoms with van der Waals surface area (Å²) in [4.78, 5) is 39.6. The molecule has 316 valence electrons. The molecule has 0 radical (unpaired) electrons. The lowest BCUT2D eigenvalue weighted by Crippen LogP contribution is -2.52. The van der Waals surface area contributed by atoms with E-state index in [9.17, 15) is 23.1 Å². The number of pyridine rings is 1. The predicted octanol–water partition coefficient (Wildman–Crippen LogP) is 6.52. The Bertz CT molecular complexity index is 2590. The summed E-state index contributed by atoms with van der Waals surface area (Å²) in [6.07, 6.45) is 7.84. The third kappa shape index (κ3) is 7.85. The quantitative estimate of drug-likeness (QED) is 0.121. The highest BCUT2D eigenvalue weighted by Gasteiger charge is 2.51. The van der Waals surface area contributed by atoms with Gasteiger partial charge >= 0.3 is 0 Å². The lowest BCUT2D eigenvalue weighted by Gasteiger charge is -2.52. The number of carbonyl (C=O) groups excluding carboxylic acids is 1. The van der Waals surface area contributed by atoms with Gasteiger partial charge < -0.3 is 30.9 Å². The molecule has 60 heavy (non-hydrogen) atoms. The van der Waals surface area contributed by atoms with Crippen LogP contribution in [0.4, 0.5) is 23.0 Å². The molecule has 2 atom stereocenters. The fraction of sp³-hybridized carbons (Fsp3) is 0.478. The van der Waals surface area contributed by atoms with E-state index in [2.05, 4.69) is 66.0 Å². The first kappa shape index (κ1) is 40.4. The van der Waals surface area contributed by atoms with Crippen LogP contribution in [0.3, 0.4) is 0 Å². The summed E-state index contributed by atoms with van der Waals surface area (Å²) >= 11 is 0. The van der Waals surface area contributed by atoms with Gasteiger partial charge in [0, 0.05) is 71.2 Å². The fourth-order valence-corrected chi connectivity index (χ4v) is 12.3. The average molecular weight is 833 g/mol. The van der Waals surface area contributed by atoms with Gasteiger partial charge in [-0.15, -0.1) is 0 Å². The monoisotopic (exact) mass is 832 g/mol. The van der Waals surface area contributed by atoms with Gasteiger partial charge in [0.15, 0.2) is 9.84 Å². The normalized spacial score (nSPS) is 21.7. The lowest BCUT2D eigenvalue weighted by atomic mass is 9.63. The molecule has 3 aliphatic heterocycles. The molecule has 4 aliphatic rings. The maximum Gasteiger partial charge on any atom is 0.252 e. The van der Waals surface area contributed by atoms with Crippen molar-refractivity contribution >= 4 is 60.6 Å². The number of piperidine rings is 3. The highest BCUT2D eigenvalue weighted by Crippen LogP contribution is 2.53. The first-order valence-corrected chi connectivity index (χ1v) is 23.1. The SMILES string of the molecule is Cc1cc(S(=O)(=O)C2CC3(CCN(CC4CCN(c5ccc(NC6CCC(O)NC6=O)c6ccccc56)CC4)CC3)C2)ccc1Nc1ncc2ccc(=O)n(C(C)C)c2n1. The minimum absolute atomic E-state index is 0.0657. The topological polar surface area (TPSA) is 162 Å². The number of likely N-dealkylation sites (tertiary alicyclic amines) is 1. The standard InChI is InChI=1S/C46H56N8O5S/c1-29(2)54-42(56)15-8-32-27-47-45(51-43(32)54)49-37-10-9-33(24-30(37)3)60(58,59)34-25-46(26-34)18-22-52(23-19-46)28-31-16-20-53(21-17-31)40-13-11-38(35-6-4-5-7-36(35)40)48-39-12-14-41(55)50-44(39)57/h4-11,13,15,24,27,29,31,34,39,41,48,55H,12,14,16-23,25-26,28H2,1-3H3,(H,50,57)(H,47,49,51). The van der Waals surface area contributed by atoms with Crippen molar-refractivity contribution in [3.8, 4) is 0 Å². The van der Waals surface area contributed by atoms with E-state index < -0.39 is 16.1 Å². The van der Waals surface area contributed by atoms with Gasteiger partial charge in [-0.3, -0.25) is 14.2 Å². The zero-order valence-electron chi connectivity index (χ0n) is 34.7. The van der Waals surface area contributed by atoms with Crippen molar-refractivity contribution in [1.29, 1.82) is 0 Å². The molecular weight excluding hydrogens is 777 g/mol. The van der Waals surface area contributed by atoms with Gasteiger partial charge in [0.1, 0.15) is 17.9 Å². The summed E-state index contributed by atoms with van der Waals surface area (Å²) in [6, 6.07) is 20.7. The molecule has 3 saturated heterocycles. The summed E-state index contributed by atoms with van der Waals surface area (Å²) in [5.74, 6) is 0.810. The summed E-state index contributed by atoms with van der Waals surface area (Å²) in [7, 11) is -3.47. The summed E-state index contributed by atoms with van der Waals surface area (Å²) in [5.41, 5.74) is 4.22. The molecule has 9 rings (SSSR count). The maximum atomic E-state index is 13.9. The third-order valence-corrected chi connectivity index (χ3v) is 15.8. The van der Waals surface area contributed by atoms with Crippen molar-refractivity contribution in [2.75, 3.05) is 48.3 Å². The van der Waals surface area contributed by atoms with E-state index >= 15 is 0 Å². The van der Waals surface area contributed by atoms with Gasteiger partial charge in [-0.2, -0.15) is 4.98 Å². The van der Waals surface area contributed by atoms with Crippen LogP contribution in [0.5, 0.6) is 0 Å². The van der Waals surface area contributed by atoms with Crippen LogP contribution in [-0.4, -0.2) is 89.1 Å². The molecule has 0 bridgehead atoms. The van der Waals surface area contributed by atoms with Crippen LogP contribution >= 0.6 is 0 Å². The molecule has 1 amide bonds. The van der Waals surface area contributed by atoms with Crippen molar-refractivity contribution in [2.45, 2.75) is 101 Å². The van der Waals surface area contributed by atoms with Gasteiger partial charge in [0.2, 0.25) is 11.9 Å². The van der Waals surface area contributed by atoms with Crippen molar-refractivity contribution in [2.24, 2.45) is 11.3 Å². The minimum atomic E-state index is -3.47. The van der Waals surface area contributed by atoms with Crippen LogP contribution < -0.4 is 26.4 Å². The number of nitrogens with one attached hydrogen (secondary N) is 3. The second kappa shape index (κ2) is 16.1. The fourth-order valence-electron chi connectivity index (χ4n) is 10.1. The Hall–Kier alpha value is -5.05. The van der Waals surface area contributed by atoms with Gasteiger partial charge in [-0.25, -0.2) is 13.4 Å². The average Bonchev–Trinajstić information content (AvgIpc) is 3.22. The van der Waals surface area contributed by atoms with Crippen LogP contribution in [0, 0.1) is 18.3 Å². The molecule has 4 N–H and O–H groups in total.